The Balaban J connectivity index is 1.60. The highest BCUT2D eigenvalue weighted by molar-refractivity contribution is 6.00. The first-order valence-electron chi connectivity index (χ1n) is 8.94. The number of aromatic nitrogens is 1. The second-order valence-electron chi connectivity index (χ2n) is 6.63. The Morgan fingerprint density at radius 2 is 1.86 bits per heavy atom. The number of nitrogens with zero attached hydrogens (tertiary/aromatic N) is 3. The SMILES string of the molecule is Cc1ccc(NC(=O)Nc2cccc(CN3CCN(C(=O)O)CC3)c2O)cn1. The maximum Gasteiger partial charge on any atom is 0.407 e. The molecule has 1 saturated heterocycles. The number of hydrogen-bond acceptors (Lipinski definition) is 5. The molecule has 3 rings (SSSR count). The van der Waals surface area contributed by atoms with Gasteiger partial charge in [-0.25, -0.2) is 9.59 Å². The van der Waals surface area contributed by atoms with Crippen LogP contribution in [0.1, 0.15) is 11.3 Å². The monoisotopic (exact) mass is 385 g/mol. The average molecular weight is 385 g/mol. The zero-order chi connectivity index (χ0) is 20.1. The summed E-state index contributed by atoms with van der Waals surface area (Å²) in [5.74, 6) is 0.000320. The van der Waals surface area contributed by atoms with Crippen LogP contribution in [0.15, 0.2) is 36.5 Å². The lowest BCUT2D eigenvalue weighted by Gasteiger charge is -2.33. The number of carbonyl (C=O) groups excluding carboxylic acids is 1. The van der Waals surface area contributed by atoms with Gasteiger partial charge in [-0.2, -0.15) is 0 Å². The molecule has 28 heavy (non-hydrogen) atoms. The number of aromatic hydroxyl groups is 1. The Kier molecular flexibility index (Phi) is 5.95. The van der Waals surface area contributed by atoms with Crippen LogP contribution in [0, 0.1) is 6.92 Å². The van der Waals surface area contributed by atoms with Gasteiger partial charge in [-0.3, -0.25) is 9.88 Å². The molecule has 0 spiro atoms. The number of para-hydroxylation sites is 1. The molecule has 2 aromatic rings. The van der Waals surface area contributed by atoms with Crippen molar-refractivity contribution in [2.45, 2.75) is 13.5 Å². The molecule has 1 aliphatic rings. The molecule has 1 fully saturated rings. The molecule has 0 unspecified atom stereocenters. The second-order valence-corrected chi connectivity index (χ2v) is 6.63. The van der Waals surface area contributed by atoms with Crippen LogP contribution < -0.4 is 10.6 Å². The minimum absolute atomic E-state index is 0.000320. The molecular weight excluding hydrogens is 362 g/mol. The van der Waals surface area contributed by atoms with Gasteiger partial charge < -0.3 is 25.7 Å². The van der Waals surface area contributed by atoms with Crippen LogP contribution in [0.3, 0.4) is 0 Å². The first-order chi connectivity index (χ1) is 13.4. The van der Waals surface area contributed by atoms with Gasteiger partial charge in [0, 0.05) is 44.0 Å². The predicted molar refractivity (Wildman–Crippen MR) is 105 cm³/mol. The Morgan fingerprint density at radius 1 is 1.11 bits per heavy atom. The first kappa shape index (κ1) is 19.4. The van der Waals surface area contributed by atoms with Gasteiger partial charge in [0.25, 0.3) is 0 Å². The molecule has 0 radical (unpaired) electrons. The lowest BCUT2D eigenvalue weighted by atomic mass is 10.1. The summed E-state index contributed by atoms with van der Waals surface area (Å²) in [5, 5.41) is 24.8. The Bertz CT molecular complexity index is 848. The molecule has 3 amide bonds. The van der Waals surface area contributed by atoms with Gasteiger partial charge in [-0.05, 0) is 25.1 Å². The van der Waals surface area contributed by atoms with E-state index < -0.39 is 12.1 Å². The van der Waals surface area contributed by atoms with Gasteiger partial charge in [0.05, 0.1) is 17.6 Å². The summed E-state index contributed by atoms with van der Waals surface area (Å²) in [6.07, 6.45) is 0.644. The molecule has 4 N–H and O–H groups in total. The first-order valence-corrected chi connectivity index (χ1v) is 8.94. The van der Waals surface area contributed by atoms with E-state index >= 15 is 0 Å². The number of pyridine rings is 1. The summed E-state index contributed by atoms with van der Waals surface area (Å²) < 4.78 is 0. The van der Waals surface area contributed by atoms with E-state index in [0.717, 1.165) is 5.69 Å². The van der Waals surface area contributed by atoms with E-state index in [1.54, 1.807) is 36.5 Å². The van der Waals surface area contributed by atoms with Crippen molar-refractivity contribution in [2.24, 2.45) is 0 Å². The molecule has 9 nitrogen and oxygen atoms in total. The predicted octanol–water partition coefficient (Wildman–Crippen LogP) is 2.54. The number of hydrogen-bond donors (Lipinski definition) is 4. The highest BCUT2D eigenvalue weighted by Gasteiger charge is 2.21. The minimum Gasteiger partial charge on any atom is -0.505 e. The van der Waals surface area contributed by atoms with E-state index in [1.165, 1.54) is 4.90 Å². The smallest absolute Gasteiger partial charge is 0.407 e. The molecular formula is C19H23N5O4. The quantitative estimate of drug-likeness (QED) is 0.601. The third-order valence-electron chi connectivity index (χ3n) is 4.57. The van der Waals surface area contributed by atoms with Crippen molar-refractivity contribution < 1.29 is 19.8 Å². The summed E-state index contributed by atoms with van der Waals surface area (Å²) in [6.45, 7) is 4.36. The van der Waals surface area contributed by atoms with Gasteiger partial charge >= 0.3 is 12.1 Å². The maximum absolute atomic E-state index is 12.2. The van der Waals surface area contributed by atoms with Crippen molar-refractivity contribution in [1.29, 1.82) is 0 Å². The van der Waals surface area contributed by atoms with Crippen LogP contribution in [0.2, 0.25) is 0 Å². The number of urea groups is 1. The number of piperazine rings is 1. The molecule has 0 bridgehead atoms. The van der Waals surface area contributed by atoms with E-state index in [-0.39, 0.29) is 5.75 Å². The standard InChI is InChI=1S/C19H23N5O4/c1-13-5-6-15(11-20-13)21-18(26)22-16-4-2-3-14(17(16)25)12-23-7-9-24(10-8-23)19(27)28/h2-6,11,25H,7-10,12H2,1H3,(H,27,28)(H2,21,22,26). The van der Waals surface area contributed by atoms with Gasteiger partial charge in [-0.15, -0.1) is 0 Å². The number of rotatable bonds is 4. The molecule has 9 heteroatoms. The van der Waals surface area contributed by atoms with Crippen molar-refractivity contribution in [3.63, 3.8) is 0 Å². The van der Waals surface area contributed by atoms with Gasteiger partial charge in [-0.1, -0.05) is 12.1 Å². The van der Waals surface area contributed by atoms with Crippen molar-refractivity contribution in [3.05, 3.63) is 47.8 Å². The van der Waals surface area contributed by atoms with E-state index in [0.29, 0.717) is 49.7 Å². The molecule has 1 aromatic carbocycles. The number of phenolic OH excluding ortho intramolecular Hbond substituents is 1. The maximum atomic E-state index is 12.2. The van der Waals surface area contributed by atoms with Crippen LogP contribution in [0.25, 0.3) is 0 Å². The molecule has 0 aliphatic carbocycles. The zero-order valence-electron chi connectivity index (χ0n) is 15.6. The van der Waals surface area contributed by atoms with Gasteiger partial charge in [0.2, 0.25) is 0 Å². The molecule has 1 aliphatic heterocycles. The van der Waals surface area contributed by atoms with Gasteiger partial charge in [0.1, 0.15) is 5.75 Å². The summed E-state index contributed by atoms with van der Waals surface area (Å²) in [4.78, 5) is 30.7. The third kappa shape index (κ3) is 4.89. The number of carboxylic acid groups (broad SMARTS) is 1. The lowest BCUT2D eigenvalue weighted by molar-refractivity contribution is 0.102. The van der Waals surface area contributed by atoms with Gasteiger partial charge in [0.15, 0.2) is 0 Å². The van der Waals surface area contributed by atoms with Crippen LogP contribution in [-0.2, 0) is 6.54 Å². The number of aryl methyl sites for hydroxylation is 1. The largest absolute Gasteiger partial charge is 0.505 e. The topological polar surface area (TPSA) is 118 Å². The Hall–Kier alpha value is -3.33. The number of amides is 3. The number of anilines is 2. The van der Waals surface area contributed by atoms with Crippen LogP contribution in [0.4, 0.5) is 21.0 Å². The number of phenols is 1. The molecule has 0 atom stereocenters. The highest BCUT2D eigenvalue weighted by Crippen LogP contribution is 2.29. The fraction of sp³-hybridized carbons (Fsp3) is 0.316. The summed E-state index contributed by atoms with van der Waals surface area (Å²) in [5.41, 5.74) is 2.37. The van der Waals surface area contributed by atoms with Crippen molar-refractivity contribution in [3.8, 4) is 5.75 Å². The molecule has 0 saturated carbocycles. The van der Waals surface area contributed by atoms with Crippen LogP contribution in [0.5, 0.6) is 5.75 Å². The minimum atomic E-state index is -0.913. The number of benzene rings is 1. The van der Waals surface area contributed by atoms with E-state index in [1.807, 2.05) is 6.92 Å². The molecule has 2 heterocycles. The summed E-state index contributed by atoms with van der Waals surface area (Å²) in [6, 6.07) is 8.21. The fourth-order valence-corrected chi connectivity index (χ4v) is 2.98. The molecule has 1 aromatic heterocycles. The Morgan fingerprint density at radius 3 is 2.50 bits per heavy atom. The number of carbonyl (C=O) groups is 2. The second kappa shape index (κ2) is 8.57. The van der Waals surface area contributed by atoms with Crippen molar-refractivity contribution in [2.75, 3.05) is 36.8 Å². The van der Waals surface area contributed by atoms with Crippen molar-refractivity contribution >= 4 is 23.5 Å². The van der Waals surface area contributed by atoms with E-state index in [2.05, 4.69) is 20.5 Å². The third-order valence-corrected chi connectivity index (χ3v) is 4.57. The number of nitrogens with one attached hydrogen (secondary N) is 2. The highest BCUT2D eigenvalue weighted by atomic mass is 16.4. The zero-order valence-corrected chi connectivity index (χ0v) is 15.6. The van der Waals surface area contributed by atoms with Crippen molar-refractivity contribution in [1.82, 2.24) is 14.8 Å². The summed E-state index contributed by atoms with van der Waals surface area (Å²) >= 11 is 0. The van der Waals surface area contributed by atoms with E-state index in [4.69, 9.17) is 5.11 Å². The van der Waals surface area contributed by atoms with Crippen LogP contribution in [-0.4, -0.2) is 63.3 Å². The van der Waals surface area contributed by atoms with E-state index in [9.17, 15) is 14.7 Å². The summed E-state index contributed by atoms with van der Waals surface area (Å²) in [7, 11) is 0. The van der Waals surface area contributed by atoms with Crippen LogP contribution >= 0.6 is 0 Å². The average Bonchev–Trinajstić information content (AvgIpc) is 2.67. The normalized spacial score (nSPS) is 14.5. The fourth-order valence-electron chi connectivity index (χ4n) is 2.98. The Labute approximate surface area is 162 Å². The molecule has 148 valence electrons. The lowest BCUT2D eigenvalue weighted by Crippen LogP contribution is -2.47.